The topological polar surface area (TPSA) is 54.0 Å². The van der Waals surface area contributed by atoms with E-state index >= 15 is 0 Å². The molecule has 29 heavy (non-hydrogen) atoms. The summed E-state index contributed by atoms with van der Waals surface area (Å²) >= 11 is 0. The molecule has 0 amide bonds. The highest BCUT2D eigenvalue weighted by Gasteiger charge is 2.52. The molecule has 2 aliphatic rings. The maximum Gasteiger partial charge on any atom is 0.514 e. The van der Waals surface area contributed by atoms with Crippen molar-refractivity contribution in [3.8, 4) is 5.75 Å². The van der Waals surface area contributed by atoms with Crippen LogP contribution in [0.1, 0.15) is 71.9 Å². The zero-order valence-electron chi connectivity index (χ0n) is 19.0. The lowest BCUT2D eigenvalue weighted by Crippen LogP contribution is -2.45. The molecule has 1 aromatic carbocycles. The van der Waals surface area contributed by atoms with Gasteiger partial charge in [0.25, 0.3) is 0 Å². The number of para-hydroxylation sites is 1. The van der Waals surface area contributed by atoms with Crippen LogP contribution < -0.4 is 4.74 Å². The number of benzene rings is 1. The number of rotatable bonds is 4. The lowest BCUT2D eigenvalue weighted by atomic mass is 9.69. The summed E-state index contributed by atoms with van der Waals surface area (Å²) in [5.74, 6) is 0.574. The Bertz CT molecular complexity index is 754. The van der Waals surface area contributed by atoms with E-state index in [0.29, 0.717) is 12.2 Å². The number of aryl methyl sites for hydroxylation is 2. The van der Waals surface area contributed by atoms with Gasteiger partial charge < -0.3 is 18.8 Å². The summed E-state index contributed by atoms with van der Waals surface area (Å²) in [5, 5.41) is 0. The highest BCUT2D eigenvalue weighted by molar-refractivity contribution is 6.45. The monoisotopic (exact) mass is 402 g/mol. The second kappa shape index (κ2) is 7.95. The SMILES string of the molecule is Cc1cccc(CCB2OC3CCC(C)(C)CC3(C)O2)c1OC(=O)OC(C)(C)C. The van der Waals surface area contributed by atoms with E-state index in [2.05, 4.69) is 20.8 Å². The van der Waals surface area contributed by atoms with Crippen molar-refractivity contribution in [1.29, 1.82) is 0 Å². The van der Waals surface area contributed by atoms with Crippen molar-refractivity contribution in [2.45, 2.75) is 97.8 Å². The normalized spacial score (nSPS) is 26.2. The van der Waals surface area contributed by atoms with Gasteiger partial charge in [0.1, 0.15) is 11.4 Å². The summed E-state index contributed by atoms with van der Waals surface area (Å²) in [5.41, 5.74) is 1.35. The first-order valence-electron chi connectivity index (χ1n) is 10.7. The summed E-state index contributed by atoms with van der Waals surface area (Å²) < 4.78 is 23.5. The standard InChI is InChI=1S/C23H35BO5/c1-16-9-8-10-17(19(16)26-20(25)27-21(2,3)4)12-14-24-28-18-11-13-22(5,6)15-23(18,7)29-24/h8-10,18H,11-15H2,1-7H3. The Labute approximate surface area is 175 Å². The Balaban J connectivity index is 1.64. The van der Waals surface area contributed by atoms with Gasteiger partial charge >= 0.3 is 13.3 Å². The van der Waals surface area contributed by atoms with Crippen LogP contribution in [0.4, 0.5) is 4.79 Å². The molecule has 5 nitrogen and oxygen atoms in total. The molecular formula is C23H35BO5. The molecule has 1 aliphatic heterocycles. The second-order valence-corrected chi connectivity index (χ2v) is 10.5. The van der Waals surface area contributed by atoms with Gasteiger partial charge in [-0.3, -0.25) is 0 Å². The van der Waals surface area contributed by atoms with Crippen LogP contribution in [0.25, 0.3) is 0 Å². The lowest BCUT2D eigenvalue weighted by Gasteiger charge is -2.43. The van der Waals surface area contributed by atoms with Crippen LogP contribution in [0.15, 0.2) is 18.2 Å². The fraction of sp³-hybridized carbons (Fsp3) is 0.696. The second-order valence-electron chi connectivity index (χ2n) is 10.5. The zero-order valence-corrected chi connectivity index (χ0v) is 19.0. The van der Waals surface area contributed by atoms with Gasteiger partial charge in [0.15, 0.2) is 0 Å². The molecule has 3 rings (SSSR count). The first-order chi connectivity index (χ1) is 13.4. The van der Waals surface area contributed by atoms with E-state index < -0.39 is 11.8 Å². The van der Waals surface area contributed by atoms with Gasteiger partial charge in [-0.1, -0.05) is 32.0 Å². The molecule has 2 unspecified atom stereocenters. The van der Waals surface area contributed by atoms with Gasteiger partial charge in [-0.25, -0.2) is 4.79 Å². The predicted molar refractivity (Wildman–Crippen MR) is 114 cm³/mol. The van der Waals surface area contributed by atoms with Crippen LogP contribution in [0.3, 0.4) is 0 Å². The molecule has 0 bridgehead atoms. The van der Waals surface area contributed by atoms with Crippen molar-refractivity contribution in [2.75, 3.05) is 0 Å². The first-order valence-corrected chi connectivity index (χ1v) is 10.7. The maximum absolute atomic E-state index is 12.2. The number of carbonyl (C=O) groups is 1. The van der Waals surface area contributed by atoms with Crippen molar-refractivity contribution in [2.24, 2.45) is 5.41 Å². The molecule has 0 aromatic heterocycles. The van der Waals surface area contributed by atoms with Crippen molar-refractivity contribution >= 4 is 13.3 Å². The molecule has 0 N–H and O–H groups in total. The smallest absolute Gasteiger partial charge is 0.428 e. The zero-order chi connectivity index (χ0) is 21.4. The number of ether oxygens (including phenoxy) is 2. The van der Waals surface area contributed by atoms with Crippen LogP contribution in [0.2, 0.25) is 6.32 Å². The van der Waals surface area contributed by atoms with Gasteiger partial charge in [-0.2, -0.15) is 0 Å². The fourth-order valence-corrected chi connectivity index (χ4v) is 4.63. The Morgan fingerprint density at radius 2 is 2.00 bits per heavy atom. The van der Waals surface area contributed by atoms with Crippen LogP contribution in [-0.2, 0) is 20.5 Å². The summed E-state index contributed by atoms with van der Waals surface area (Å²) in [6, 6.07) is 5.90. The van der Waals surface area contributed by atoms with Crippen LogP contribution >= 0.6 is 0 Å². The summed E-state index contributed by atoms with van der Waals surface area (Å²) in [6.45, 7) is 14.2. The van der Waals surface area contributed by atoms with Gasteiger partial charge in [-0.05, 0) is 83.2 Å². The van der Waals surface area contributed by atoms with Gasteiger partial charge in [0, 0.05) is 0 Å². The number of hydrogen-bond donors (Lipinski definition) is 0. The van der Waals surface area contributed by atoms with Crippen LogP contribution in [-0.4, -0.2) is 30.6 Å². The van der Waals surface area contributed by atoms with Crippen LogP contribution in [0, 0.1) is 12.3 Å². The minimum Gasteiger partial charge on any atom is -0.428 e. The maximum atomic E-state index is 12.2. The Hall–Kier alpha value is -1.53. The van der Waals surface area contributed by atoms with E-state index in [1.807, 2.05) is 45.9 Å². The largest absolute Gasteiger partial charge is 0.514 e. The third-order valence-electron chi connectivity index (χ3n) is 5.83. The van der Waals surface area contributed by atoms with Gasteiger partial charge in [-0.15, -0.1) is 0 Å². The molecule has 1 saturated carbocycles. The molecular weight excluding hydrogens is 367 g/mol. The summed E-state index contributed by atoms with van der Waals surface area (Å²) in [6.07, 6.45) is 4.13. The number of hydrogen-bond acceptors (Lipinski definition) is 5. The van der Waals surface area contributed by atoms with E-state index in [-0.39, 0.29) is 24.2 Å². The van der Waals surface area contributed by atoms with Crippen molar-refractivity contribution in [3.63, 3.8) is 0 Å². The highest BCUT2D eigenvalue weighted by Crippen LogP contribution is 2.48. The lowest BCUT2D eigenvalue weighted by molar-refractivity contribution is -0.0297. The molecule has 1 aromatic rings. The molecule has 160 valence electrons. The van der Waals surface area contributed by atoms with Crippen molar-refractivity contribution < 1.29 is 23.6 Å². The Morgan fingerprint density at radius 1 is 1.28 bits per heavy atom. The van der Waals surface area contributed by atoms with Crippen LogP contribution in [0.5, 0.6) is 5.75 Å². The number of fused-ring (bicyclic) bond motifs is 1. The quantitative estimate of drug-likeness (QED) is 0.366. The van der Waals surface area contributed by atoms with Gasteiger partial charge in [0.05, 0.1) is 11.7 Å². The molecule has 1 saturated heterocycles. The molecule has 1 heterocycles. The minimum atomic E-state index is -0.679. The van der Waals surface area contributed by atoms with Crippen molar-refractivity contribution in [3.05, 3.63) is 29.3 Å². The minimum absolute atomic E-state index is 0.163. The molecule has 1 aliphatic carbocycles. The Morgan fingerprint density at radius 3 is 2.69 bits per heavy atom. The third kappa shape index (κ3) is 5.55. The third-order valence-corrected chi connectivity index (χ3v) is 5.83. The van der Waals surface area contributed by atoms with E-state index in [4.69, 9.17) is 18.8 Å². The van der Waals surface area contributed by atoms with Gasteiger partial charge in [0.2, 0.25) is 0 Å². The van der Waals surface area contributed by atoms with E-state index in [1.54, 1.807) is 0 Å². The first kappa shape index (κ1) is 22.2. The Kier molecular flexibility index (Phi) is 6.08. The molecule has 0 spiro atoms. The van der Waals surface area contributed by atoms with E-state index in [0.717, 1.165) is 36.7 Å². The summed E-state index contributed by atoms with van der Waals surface area (Å²) in [7, 11) is -0.228. The molecule has 2 fully saturated rings. The average molecular weight is 402 g/mol. The highest BCUT2D eigenvalue weighted by atomic mass is 16.7. The van der Waals surface area contributed by atoms with E-state index in [1.165, 1.54) is 0 Å². The molecule has 6 heteroatoms. The van der Waals surface area contributed by atoms with E-state index in [9.17, 15) is 4.79 Å². The van der Waals surface area contributed by atoms with Crippen molar-refractivity contribution in [1.82, 2.24) is 0 Å². The molecule has 2 atom stereocenters. The fourth-order valence-electron chi connectivity index (χ4n) is 4.63. The summed E-state index contributed by atoms with van der Waals surface area (Å²) in [4.78, 5) is 12.2. The predicted octanol–water partition coefficient (Wildman–Crippen LogP) is 5.72. The molecule has 0 radical (unpaired) electrons. The number of carbonyl (C=O) groups excluding carboxylic acids is 1. The average Bonchev–Trinajstić information content (AvgIpc) is 2.87.